The summed E-state index contributed by atoms with van der Waals surface area (Å²) < 4.78 is 0. The molecule has 1 aliphatic heterocycles. The molecule has 70 valence electrons. The molecule has 1 rings (SSSR count). The first-order valence-electron chi connectivity index (χ1n) is 5.54. The zero-order valence-corrected chi connectivity index (χ0v) is 10.4. The molecule has 1 saturated heterocycles. The molecule has 0 radical (unpaired) electrons. The topological polar surface area (TPSA) is 0 Å². The monoisotopic (exact) mass is 184 g/mol. The van der Waals surface area contributed by atoms with Crippen molar-refractivity contribution in [2.24, 2.45) is 0 Å². The molecule has 3 heteroatoms. The molecule has 0 aromatic carbocycles. The molecule has 2 unspecified atom stereocenters. The molecule has 0 aliphatic carbocycles. The number of rotatable bonds is 2. The second kappa shape index (κ2) is 3.74. The molecule has 0 nitrogen and oxygen atoms in total. The first-order chi connectivity index (χ1) is 5.54. The maximum absolute atomic E-state index is 2.61. The fourth-order valence-electron chi connectivity index (χ4n) is 3.57. The molecule has 0 aromatic heterocycles. The van der Waals surface area contributed by atoms with Crippen LogP contribution in [0.5, 0.6) is 0 Å². The van der Waals surface area contributed by atoms with Crippen LogP contribution in [-0.4, -0.2) is 38.2 Å². The molecule has 0 aromatic rings. The molecule has 0 saturated carbocycles. The van der Waals surface area contributed by atoms with Gasteiger partial charge in [-0.1, -0.05) is 0 Å². The Hall–Kier alpha value is 0.560. The van der Waals surface area contributed by atoms with Crippen LogP contribution in [0.2, 0.25) is 6.82 Å². The Morgan fingerprint density at radius 2 is 1.83 bits per heavy atom. The van der Waals surface area contributed by atoms with Crippen molar-refractivity contribution in [1.82, 2.24) is 0 Å². The third-order valence-electron chi connectivity index (χ3n) is 4.28. The summed E-state index contributed by atoms with van der Waals surface area (Å²) in [6.45, 7) is 13.5. The van der Waals surface area contributed by atoms with E-state index in [1.165, 1.54) is 20.0 Å². The first kappa shape index (κ1) is 10.6. The first-order valence-corrected chi connectivity index (χ1v) is 8.69. The van der Waals surface area contributed by atoms with E-state index in [1.54, 1.807) is 0 Å². The van der Waals surface area contributed by atoms with Crippen LogP contribution in [-0.2, 0) is 0 Å². The van der Waals surface area contributed by atoms with Crippen molar-refractivity contribution in [1.29, 1.82) is 0 Å². The quantitative estimate of drug-likeness (QED) is 0.455. The van der Waals surface area contributed by atoms with Crippen LogP contribution in [0.1, 0.15) is 26.7 Å². The summed E-state index contributed by atoms with van der Waals surface area (Å²) in [5.41, 5.74) is 2.21. The minimum atomic E-state index is -0.862. The van der Waals surface area contributed by atoms with Crippen LogP contribution in [0, 0.1) is 0 Å². The zero-order chi connectivity index (χ0) is 9.35. The second-order valence-electron chi connectivity index (χ2n) is 5.15. The van der Waals surface area contributed by atoms with Crippen molar-refractivity contribution in [2.45, 2.75) is 44.6 Å². The predicted octanol–water partition coefficient (Wildman–Crippen LogP) is 2.12. The van der Waals surface area contributed by atoms with Gasteiger partial charge >= 0.3 is 79.0 Å². The van der Waals surface area contributed by atoms with E-state index in [4.69, 9.17) is 0 Å². The van der Waals surface area contributed by atoms with Crippen LogP contribution in [0.25, 0.3) is 0 Å². The maximum atomic E-state index is 2.61. The molecule has 12 heavy (non-hydrogen) atoms. The van der Waals surface area contributed by atoms with Gasteiger partial charge in [-0.25, -0.2) is 0 Å². The van der Waals surface area contributed by atoms with E-state index in [1.807, 2.05) is 0 Å². The summed E-state index contributed by atoms with van der Waals surface area (Å²) in [4.78, 5) is 0. The SMILES string of the molecule is CCC1BB(C)C(CC)[PH]1(C)C. The molecule has 0 spiro atoms. The van der Waals surface area contributed by atoms with Gasteiger partial charge in [-0.05, 0) is 0 Å². The van der Waals surface area contributed by atoms with Crippen molar-refractivity contribution in [3.05, 3.63) is 0 Å². The predicted molar refractivity (Wildman–Crippen MR) is 67.1 cm³/mol. The molecule has 0 amide bonds. The summed E-state index contributed by atoms with van der Waals surface area (Å²) in [5, 5.41) is 0. The van der Waals surface area contributed by atoms with Crippen molar-refractivity contribution in [2.75, 3.05) is 13.3 Å². The Morgan fingerprint density at radius 3 is 2.08 bits per heavy atom. The van der Waals surface area contributed by atoms with Gasteiger partial charge in [0.25, 0.3) is 0 Å². The Morgan fingerprint density at radius 1 is 1.25 bits per heavy atom. The summed E-state index contributed by atoms with van der Waals surface area (Å²) in [6, 6.07) is 0. The van der Waals surface area contributed by atoms with Gasteiger partial charge in [-0.15, -0.1) is 0 Å². The van der Waals surface area contributed by atoms with Gasteiger partial charge < -0.3 is 0 Å². The van der Waals surface area contributed by atoms with E-state index in [0.29, 0.717) is 0 Å². The van der Waals surface area contributed by atoms with E-state index >= 15 is 0 Å². The Balaban J connectivity index is 2.76. The average Bonchev–Trinajstić information content (AvgIpc) is 2.21. The fraction of sp³-hybridized carbons (Fsp3) is 1.00. The van der Waals surface area contributed by atoms with Gasteiger partial charge in [0.1, 0.15) is 0 Å². The second-order valence-corrected chi connectivity index (χ2v) is 10.4. The van der Waals surface area contributed by atoms with Gasteiger partial charge in [0.05, 0.1) is 0 Å². The number of hydrogen-bond donors (Lipinski definition) is 0. The molecule has 0 bridgehead atoms. The van der Waals surface area contributed by atoms with Crippen molar-refractivity contribution in [3.63, 3.8) is 0 Å². The van der Waals surface area contributed by atoms with Crippen molar-refractivity contribution in [3.8, 4) is 0 Å². The van der Waals surface area contributed by atoms with Gasteiger partial charge in [0.2, 0.25) is 0 Å². The van der Waals surface area contributed by atoms with E-state index in [-0.39, 0.29) is 0 Å². The molecular weight excluding hydrogens is 161 g/mol. The van der Waals surface area contributed by atoms with Crippen molar-refractivity contribution >= 4 is 21.0 Å². The molecule has 2 atom stereocenters. The summed E-state index contributed by atoms with van der Waals surface area (Å²) in [7, 11) is 0.660. The molecule has 1 heterocycles. The zero-order valence-electron chi connectivity index (χ0n) is 9.35. The molecule has 1 fully saturated rings. The summed E-state index contributed by atoms with van der Waals surface area (Å²) in [5.74, 6) is 0. The van der Waals surface area contributed by atoms with E-state index in [2.05, 4.69) is 34.0 Å². The van der Waals surface area contributed by atoms with Crippen LogP contribution in [0.3, 0.4) is 0 Å². The fourth-order valence-corrected chi connectivity index (χ4v) is 8.87. The van der Waals surface area contributed by atoms with E-state index in [0.717, 1.165) is 17.7 Å². The third kappa shape index (κ3) is 1.60. The number of hydrogen-bond acceptors (Lipinski definition) is 0. The van der Waals surface area contributed by atoms with Gasteiger partial charge in [0, 0.05) is 0 Å². The summed E-state index contributed by atoms with van der Waals surface area (Å²) >= 11 is 0. The molecule has 1 aliphatic rings. The Labute approximate surface area is 79.5 Å². The Kier molecular flexibility index (Phi) is 3.32. The third-order valence-corrected chi connectivity index (χ3v) is 9.92. The van der Waals surface area contributed by atoms with Crippen LogP contribution >= 0.6 is 7.26 Å². The average molecular weight is 184 g/mol. The van der Waals surface area contributed by atoms with E-state index < -0.39 is 7.26 Å². The standard InChI is InChI=1S/C9H23B2P/c1-6-8-10-11(3)9(7-2)12(8,4)5/h8-10,12H,6-7H2,1-5H3. The Bertz CT molecular complexity index is 159. The molecular formula is C9H23B2P. The van der Waals surface area contributed by atoms with Crippen molar-refractivity contribution < 1.29 is 0 Å². The summed E-state index contributed by atoms with van der Waals surface area (Å²) in [6.07, 6.45) is 2.86. The van der Waals surface area contributed by atoms with Crippen LogP contribution in [0.4, 0.5) is 0 Å². The van der Waals surface area contributed by atoms with E-state index in [9.17, 15) is 0 Å². The normalized spacial score (nSPS) is 36.2. The molecule has 0 N–H and O–H groups in total. The van der Waals surface area contributed by atoms with Gasteiger partial charge in [0.15, 0.2) is 0 Å². The van der Waals surface area contributed by atoms with Crippen LogP contribution < -0.4 is 0 Å². The van der Waals surface area contributed by atoms with Gasteiger partial charge in [-0.3, -0.25) is 0 Å². The van der Waals surface area contributed by atoms with Gasteiger partial charge in [-0.2, -0.15) is 0 Å². The van der Waals surface area contributed by atoms with Crippen LogP contribution in [0.15, 0.2) is 0 Å². The minimum absolute atomic E-state index is 0.862.